The third kappa shape index (κ3) is 4.71. The zero-order valence-corrected chi connectivity index (χ0v) is 17.0. The van der Waals surface area contributed by atoms with E-state index in [1.54, 1.807) is 31.4 Å². The minimum absolute atomic E-state index is 0.133. The minimum Gasteiger partial charge on any atom is -0.497 e. The number of methoxy groups -OCH3 is 1. The number of amides is 1. The predicted molar refractivity (Wildman–Crippen MR) is 108 cm³/mol. The van der Waals surface area contributed by atoms with Gasteiger partial charge in [0.05, 0.1) is 17.8 Å². The van der Waals surface area contributed by atoms with Crippen molar-refractivity contribution >= 4 is 34.5 Å². The number of carbonyl (C=O) groups excluding carboxylic acids is 1. The Hall–Kier alpha value is -2.58. The summed E-state index contributed by atoms with van der Waals surface area (Å²) in [5, 5.41) is 3.31. The molecule has 29 heavy (non-hydrogen) atoms. The van der Waals surface area contributed by atoms with E-state index in [2.05, 4.69) is 10.3 Å². The smallest absolute Gasteiger partial charge is 0.443 e. The molecule has 0 spiro atoms. The van der Waals surface area contributed by atoms with E-state index in [9.17, 15) is 18.0 Å². The monoisotopic (exact) mass is 440 g/mol. The number of aryl methyl sites for hydroxylation is 1. The summed E-state index contributed by atoms with van der Waals surface area (Å²) < 4.78 is 43.4. The van der Waals surface area contributed by atoms with Crippen molar-refractivity contribution in [2.45, 2.75) is 19.5 Å². The molecule has 1 aromatic heterocycles. The van der Waals surface area contributed by atoms with Gasteiger partial charge in [0.1, 0.15) is 5.75 Å². The average molecular weight is 441 g/mol. The molecule has 1 amide bonds. The van der Waals surface area contributed by atoms with Crippen LogP contribution in [0.15, 0.2) is 41.8 Å². The first-order valence-electron chi connectivity index (χ1n) is 8.53. The summed E-state index contributed by atoms with van der Waals surface area (Å²) >= 11 is 6.74. The predicted octanol–water partition coefficient (Wildman–Crippen LogP) is 6.31. The van der Waals surface area contributed by atoms with Crippen molar-refractivity contribution in [2.75, 3.05) is 12.4 Å². The molecule has 0 bridgehead atoms. The van der Waals surface area contributed by atoms with Crippen LogP contribution < -0.4 is 10.1 Å². The summed E-state index contributed by atoms with van der Waals surface area (Å²) in [6, 6.07) is 9.76. The van der Waals surface area contributed by atoms with Crippen LogP contribution in [0.5, 0.6) is 5.75 Å². The lowest BCUT2D eigenvalue weighted by molar-refractivity contribution is -0.137. The molecule has 0 unspecified atom stereocenters. The normalized spacial score (nSPS) is 11.4. The summed E-state index contributed by atoms with van der Waals surface area (Å²) in [6.07, 6.45) is -3.86. The maximum atomic E-state index is 12.8. The standard InChI is InChI=1S/C20H16ClF3N2O2S/c1-3-11-8-13(28-2)5-7-14(11)18(27)25-12-4-6-15(16(21)9-12)17-10-29-19(26-17)20(22,23)24/h4-10H,3H2,1-2H3,(H,25,27). The number of benzene rings is 2. The summed E-state index contributed by atoms with van der Waals surface area (Å²) in [5.41, 5.74) is 2.24. The third-order valence-electron chi connectivity index (χ3n) is 4.19. The zero-order valence-electron chi connectivity index (χ0n) is 15.4. The van der Waals surface area contributed by atoms with Gasteiger partial charge in [-0.15, -0.1) is 11.3 Å². The van der Waals surface area contributed by atoms with E-state index in [0.717, 1.165) is 5.56 Å². The quantitative estimate of drug-likeness (QED) is 0.506. The van der Waals surface area contributed by atoms with E-state index in [4.69, 9.17) is 16.3 Å². The number of anilines is 1. The van der Waals surface area contributed by atoms with Crippen LogP contribution in [0.4, 0.5) is 18.9 Å². The second-order valence-corrected chi connectivity index (χ2v) is 7.33. The number of thiazole rings is 1. The fraction of sp³-hybridized carbons (Fsp3) is 0.200. The summed E-state index contributed by atoms with van der Waals surface area (Å²) in [5.74, 6) is 0.341. The molecular weight excluding hydrogens is 425 g/mol. The number of carbonyl (C=O) groups is 1. The summed E-state index contributed by atoms with van der Waals surface area (Å²) in [6.45, 7) is 1.93. The van der Waals surface area contributed by atoms with E-state index < -0.39 is 11.2 Å². The first-order valence-corrected chi connectivity index (χ1v) is 9.79. The summed E-state index contributed by atoms with van der Waals surface area (Å²) in [7, 11) is 1.55. The molecule has 0 saturated heterocycles. The number of halogens is 4. The largest absolute Gasteiger partial charge is 0.497 e. The fourth-order valence-electron chi connectivity index (χ4n) is 2.74. The number of ether oxygens (including phenoxy) is 1. The number of aromatic nitrogens is 1. The van der Waals surface area contributed by atoms with E-state index in [1.807, 2.05) is 6.92 Å². The van der Waals surface area contributed by atoms with Crippen LogP contribution in [0.25, 0.3) is 11.3 Å². The van der Waals surface area contributed by atoms with Gasteiger partial charge < -0.3 is 10.1 Å². The van der Waals surface area contributed by atoms with Gasteiger partial charge in [0.25, 0.3) is 5.91 Å². The number of nitrogens with one attached hydrogen (secondary N) is 1. The number of nitrogens with zero attached hydrogens (tertiary/aromatic N) is 1. The molecule has 3 aromatic rings. The number of hydrogen-bond acceptors (Lipinski definition) is 4. The Balaban J connectivity index is 1.82. The van der Waals surface area contributed by atoms with Gasteiger partial charge in [0.15, 0.2) is 5.01 Å². The Morgan fingerprint density at radius 1 is 1.24 bits per heavy atom. The Morgan fingerprint density at radius 2 is 2.00 bits per heavy atom. The molecule has 3 rings (SSSR count). The van der Waals surface area contributed by atoms with Crippen molar-refractivity contribution in [1.29, 1.82) is 0 Å². The van der Waals surface area contributed by atoms with Crippen LogP contribution in [0.2, 0.25) is 5.02 Å². The van der Waals surface area contributed by atoms with E-state index in [-0.39, 0.29) is 16.6 Å². The highest BCUT2D eigenvalue weighted by atomic mass is 35.5. The van der Waals surface area contributed by atoms with Gasteiger partial charge in [-0.2, -0.15) is 13.2 Å². The molecule has 0 saturated carbocycles. The SMILES string of the molecule is CCc1cc(OC)ccc1C(=O)Nc1ccc(-c2csc(C(F)(F)F)n2)c(Cl)c1. The Labute approximate surface area is 174 Å². The van der Waals surface area contributed by atoms with Gasteiger partial charge in [0, 0.05) is 22.2 Å². The fourth-order valence-corrected chi connectivity index (χ4v) is 3.70. The first kappa shape index (κ1) is 21.1. The molecule has 0 radical (unpaired) electrons. The molecule has 0 aliphatic rings. The molecule has 0 aliphatic carbocycles. The molecule has 1 heterocycles. The van der Waals surface area contributed by atoms with Crippen molar-refractivity contribution in [2.24, 2.45) is 0 Å². The molecule has 152 valence electrons. The van der Waals surface area contributed by atoms with Crippen LogP contribution in [-0.2, 0) is 12.6 Å². The molecular formula is C20H16ClF3N2O2S. The maximum absolute atomic E-state index is 12.8. The van der Waals surface area contributed by atoms with Crippen LogP contribution in [0.1, 0.15) is 27.9 Å². The minimum atomic E-state index is -4.50. The Morgan fingerprint density at radius 3 is 2.59 bits per heavy atom. The van der Waals surface area contributed by atoms with Crippen molar-refractivity contribution < 1.29 is 22.7 Å². The third-order valence-corrected chi connectivity index (χ3v) is 5.39. The highest BCUT2D eigenvalue weighted by molar-refractivity contribution is 7.10. The van der Waals surface area contributed by atoms with E-state index in [1.165, 1.54) is 17.5 Å². The van der Waals surface area contributed by atoms with Crippen LogP contribution in [0.3, 0.4) is 0 Å². The average Bonchev–Trinajstić information content (AvgIpc) is 3.18. The second kappa shape index (κ2) is 8.42. The van der Waals surface area contributed by atoms with Crippen molar-refractivity contribution in [3.8, 4) is 17.0 Å². The number of alkyl halides is 3. The van der Waals surface area contributed by atoms with E-state index in [0.29, 0.717) is 40.3 Å². The second-order valence-electron chi connectivity index (χ2n) is 6.06. The first-order chi connectivity index (χ1) is 13.7. The highest BCUT2D eigenvalue weighted by Crippen LogP contribution is 2.37. The molecule has 0 aliphatic heterocycles. The highest BCUT2D eigenvalue weighted by Gasteiger charge is 2.34. The molecule has 2 aromatic carbocycles. The topological polar surface area (TPSA) is 51.2 Å². The zero-order chi connectivity index (χ0) is 21.2. The molecule has 0 fully saturated rings. The van der Waals surface area contributed by atoms with Gasteiger partial charge in [0.2, 0.25) is 0 Å². The van der Waals surface area contributed by atoms with Crippen LogP contribution >= 0.6 is 22.9 Å². The summed E-state index contributed by atoms with van der Waals surface area (Å²) in [4.78, 5) is 16.2. The lowest BCUT2D eigenvalue weighted by Gasteiger charge is -2.11. The maximum Gasteiger partial charge on any atom is 0.443 e. The van der Waals surface area contributed by atoms with Gasteiger partial charge in [-0.3, -0.25) is 4.79 Å². The van der Waals surface area contributed by atoms with Crippen molar-refractivity contribution in [1.82, 2.24) is 4.98 Å². The Bertz CT molecular complexity index is 1050. The van der Waals surface area contributed by atoms with Gasteiger partial charge >= 0.3 is 6.18 Å². The van der Waals surface area contributed by atoms with Gasteiger partial charge in [-0.25, -0.2) is 4.98 Å². The Kier molecular flexibility index (Phi) is 6.14. The van der Waals surface area contributed by atoms with Crippen molar-refractivity contribution in [3.63, 3.8) is 0 Å². The lowest BCUT2D eigenvalue weighted by atomic mass is 10.0. The van der Waals surface area contributed by atoms with Gasteiger partial charge in [-0.1, -0.05) is 18.5 Å². The molecule has 0 atom stereocenters. The van der Waals surface area contributed by atoms with Crippen molar-refractivity contribution in [3.05, 3.63) is 62.9 Å². The number of hydrogen-bond donors (Lipinski definition) is 1. The van der Waals surface area contributed by atoms with Gasteiger partial charge in [-0.05, 0) is 48.4 Å². The molecule has 9 heteroatoms. The molecule has 4 nitrogen and oxygen atoms in total. The van der Waals surface area contributed by atoms with Crippen LogP contribution in [0, 0.1) is 0 Å². The van der Waals surface area contributed by atoms with Crippen LogP contribution in [-0.4, -0.2) is 18.0 Å². The lowest BCUT2D eigenvalue weighted by Crippen LogP contribution is -2.14. The number of rotatable bonds is 5. The molecule has 1 N–H and O–H groups in total. The van der Waals surface area contributed by atoms with E-state index >= 15 is 0 Å².